The topological polar surface area (TPSA) is 32.3 Å². The van der Waals surface area contributed by atoms with Crippen molar-refractivity contribution < 1.29 is 4.79 Å². The Morgan fingerprint density at radius 1 is 1.42 bits per heavy atom. The number of nitrogens with one attached hydrogen (secondary N) is 1. The number of likely N-dealkylation sites (tertiary alicyclic amines) is 1. The number of carbonyl (C=O) groups is 1. The van der Waals surface area contributed by atoms with E-state index in [0.717, 1.165) is 29.5 Å². The van der Waals surface area contributed by atoms with Gasteiger partial charge in [0.05, 0.1) is 5.02 Å². The quantitative estimate of drug-likeness (QED) is 0.753. The van der Waals surface area contributed by atoms with Gasteiger partial charge in [0.2, 0.25) is 0 Å². The van der Waals surface area contributed by atoms with E-state index in [-0.39, 0.29) is 18.3 Å². The van der Waals surface area contributed by atoms with E-state index in [4.69, 9.17) is 11.6 Å². The number of hydrogen-bond acceptors (Lipinski definition) is 2. The van der Waals surface area contributed by atoms with Gasteiger partial charge in [-0.2, -0.15) is 0 Å². The molecule has 106 valence electrons. The lowest BCUT2D eigenvalue weighted by atomic mass is 10.0. The van der Waals surface area contributed by atoms with Crippen LogP contribution in [0.15, 0.2) is 18.2 Å². The first-order chi connectivity index (χ1) is 8.61. The van der Waals surface area contributed by atoms with E-state index >= 15 is 0 Å². The highest BCUT2D eigenvalue weighted by Crippen LogP contribution is 2.21. The molecule has 0 atom stereocenters. The molecule has 1 aliphatic rings. The Bertz CT molecular complexity index is 448. The predicted molar refractivity (Wildman–Crippen MR) is 89.4 cm³/mol. The van der Waals surface area contributed by atoms with E-state index in [9.17, 15) is 4.79 Å². The van der Waals surface area contributed by atoms with Crippen LogP contribution in [-0.2, 0) is 0 Å². The van der Waals surface area contributed by atoms with Crippen molar-refractivity contribution in [2.45, 2.75) is 18.9 Å². The average molecular weight is 415 g/mol. The van der Waals surface area contributed by atoms with Gasteiger partial charge in [0.15, 0.2) is 0 Å². The summed E-state index contributed by atoms with van der Waals surface area (Å²) in [5.41, 5.74) is 0.684. The Kier molecular flexibility index (Phi) is 6.86. The van der Waals surface area contributed by atoms with E-state index in [1.165, 1.54) is 0 Å². The van der Waals surface area contributed by atoms with Crippen LogP contribution in [0.25, 0.3) is 0 Å². The highest BCUT2D eigenvalue weighted by molar-refractivity contribution is 14.1. The number of hydrogen-bond donors (Lipinski definition) is 1. The van der Waals surface area contributed by atoms with E-state index in [1.54, 1.807) is 6.07 Å². The van der Waals surface area contributed by atoms with Crippen LogP contribution in [0.2, 0.25) is 5.02 Å². The molecule has 2 rings (SSSR count). The van der Waals surface area contributed by atoms with Gasteiger partial charge < -0.3 is 10.2 Å². The van der Waals surface area contributed by atoms with Gasteiger partial charge in [0.1, 0.15) is 0 Å². The third-order valence-electron chi connectivity index (χ3n) is 3.36. The molecule has 6 heteroatoms. The average Bonchev–Trinajstić information content (AvgIpc) is 2.41. The second kappa shape index (κ2) is 7.67. The van der Waals surface area contributed by atoms with Crippen LogP contribution in [-0.4, -0.2) is 37.0 Å². The Labute approximate surface area is 138 Å². The maximum atomic E-state index is 12.3. The van der Waals surface area contributed by atoms with Crippen molar-refractivity contribution in [3.63, 3.8) is 0 Å². The lowest BCUT2D eigenvalue weighted by Gasteiger charge is -2.31. The van der Waals surface area contributed by atoms with Gasteiger partial charge >= 0.3 is 0 Å². The van der Waals surface area contributed by atoms with E-state index in [2.05, 4.69) is 27.9 Å². The summed E-state index contributed by atoms with van der Waals surface area (Å²) >= 11 is 8.22. The van der Waals surface area contributed by atoms with Gasteiger partial charge in [0.25, 0.3) is 5.91 Å². The fourth-order valence-corrected chi connectivity index (χ4v) is 2.70. The fourth-order valence-electron chi connectivity index (χ4n) is 2.18. The number of halogens is 3. The third kappa shape index (κ3) is 4.21. The summed E-state index contributed by atoms with van der Waals surface area (Å²) in [5, 5.41) is 3.90. The molecule has 1 aliphatic heterocycles. The smallest absolute Gasteiger partial charge is 0.253 e. The molecule has 0 radical (unpaired) electrons. The molecule has 1 heterocycles. The Balaban J connectivity index is 0.00000180. The van der Waals surface area contributed by atoms with E-state index in [1.807, 2.05) is 24.1 Å². The molecule has 1 N–H and O–H groups in total. The van der Waals surface area contributed by atoms with Gasteiger partial charge in [-0.25, -0.2) is 0 Å². The number of benzene rings is 1. The van der Waals surface area contributed by atoms with Crippen LogP contribution in [0.1, 0.15) is 23.2 Å². The maximum absolute atomic E-state index is 12.3. The summed E-state index contributed by atoms with van der Waals surface area (Å²) in [6.45, 7) is 1.63. The maximum Gasteiger partial charge on any atom is 0.253 e. The minimum absolute atomic E-state index is 0. The molecule has 0 aliphatic carbocycles. The number of carbonyl (C=O) groups excluding carboxylic acids is 1. The van der Waals surface area contributed by atoms with Crippen LogP contribution < -0.4 is 5.32 Å². The second-order valence-electron chi connectivity index (χ2n) is 4.48. The summed E-state index contributed by atoms with van der Waals surface area (Å²) in [7, 11) is 1.97. The normalized spacial score (nSPS) is 16.1. The molecule has 1 saturated heterocycles. The monoisotopic (exact) mass is 414 g/mol. The van der Waals surface area contributed by atoms with E-state index < -0.39 is 0 Å². The molecule has 0 bridgehead atoms. The summed E-state index contributed by atoms with van der Waals surface area (Å²) in [5.74, 6) is 0.0860. The first kappa shape index (κ1) is 17.0. The summed E-state index contributed by atoms with van der Waals surface area (Å²) in [4.78, 5) is 14.2. The highest BCUT2D eigenvalue weighted by atomic mass is 127. The molecule has 3 nitrogen and oxygen atoms in total. The number of rotatable bonds is 2. The van der Waals surface area contributed by atoms with Gasteiger partial charge in [-0.05, 0) is 60.7 Å². The SMILES string of the molecule is CNC1CCN(C(=O)c2ccc(I)c(Cl)c2)CC1.Cl. The number of piperidine rings is 1. The van der Waals surface area contributed by atoms with Gasteiger partial charge in [0, 0.05) is 28.3 Å². The van der Waals surface area contributed by atoms with Gasteiger partial charge in [-0.1, -0.05) is 11.6 Å². The molecule has 1 aromatic carbocycles. The molecule has 19 heavy (non-hydrogen) atoms. The zero-order chi connectivity index (χ0) is 13.1. The minimum atomic E-state index is 0. The third-order valence-corrected chi connectivity index (χ3v) is 4.93. The lowest BCUT2D eigenvalue weighted by Crippen LogP contribution is -2.43. The zero-order valence-corrected chi connectivity index (χ0v) is 14.4. The van der Waals surface area contributed by atoms with Gasteiger partial charge in [-0.3, -0.25) is 4.79 Å². The van der Waals surface area contributed by atoms with Crippen molar-refractivity contribution in [1.82, 2.24) is 10.2 Å². The lowest BCUT2D eigenvalue weighted by molar-refractivity contribution is 0.0707. The van der Waals surface area contributed by atoms with Crippen molar-refractivity contribution in [2.75, 3.05) is 20.1 Å². The molecule has 0 saturated carbocycles. The van der Waals surface area contributed by atoms with Crippen LogP contribution in [0.3, 0.4) is 0 Å². The number of nitrogens with zero attached hydrogens (tertiary/aromatic N) is 1. The fraction of sp³-hybridized carbons (Fsp3) is 0.462. The molecule has 0 aromatic heterocycles. The highest BCUT2D eigenvalue weighted by Gasteiger charge is 2.22. The Morgan fingerprint density at radius 2 is 2.05 bits per heavy atom. The second-order valence-corrected chi connectivity index (χ2v) is 6.05. The first-order valence-corrected chi connectivity index (χ1v) is 7.49. The predicted octanol–water partition coefficient (Wildman–Crippen LogP) is 3.19. The standard InChI is InChI=1S/C13H16ClIN2O.ClH/c1-16-10-4-6-17(7-5-10)13(18)9-2-3-12(15)11(14)8-9;/h2-3,8,10,16H,4-7H2,1H3;1H. The Morgan fingerprint density at radius 3 is 2.58 bits per heavy atom. The molecule has 0 spiro atoms. The molecule has 1 aromatic rings. The van der Waals surface area contributed by atoms with Crippen LogP contribution in [0.5, 0.6) is 0 Å². The largest absolute Gasteiger partial charge is 0.339 e. The summed E-state index contributed by atoms with van der Waals surface area (Å²) in [6, 6.07) is 6.03. The molecular weight excluding hydrogens is 398 g/mol. The summed E-state index contributed by atoms with van der Waals surface area (Å²) in [6.07, 6.45) is 2.03. The molecule has 1 amide bonds. The first-order valence-electron chi connectivity index (χ1n) is 6.03. The Hall–Kier alpha value is -0.0400. The van der Waals surface area contributed by atoms with Crippen LogP contribution >= 0.6 is 46.6 Å². The number of amides is 1. The van der Waals surface area contributed by atoms with Crippen molar-refractivity contribution >= 4 is 52.5 Å². The van der Waals surface area contributed by atoms with Crippen LogP contribution in [0.4, 0.5) is 0 Å². The van der Waals surface area contributed by atoms with Crippen LogP contribution in [0, 0.1) is 3.57 Å². The van der Waals surface area contributed by atoms with Gasteiger partial charge in [-0.15, -0.1) is 12.4 Å². The van der Waals surface area contributed by atoms with E-state index in [0.29, 0.717) is 16.6 Å². The minimum Gasteiger partial charge on any atom is -0.339 e. The zero-order valence-electron chi connectivity index (χ0n) is 10.7. The molecule has 1 fully saturated rings. The van der Waals surface area contributed by atoms with Crippen molar-refractivity contribution in [3.05, 3.63) is 32.4 Å². The molecular formula is C13H17Cl2IN2O. The molecule has 0 unspecified atom stereocenters. The van der Waals surface area contributed by atoms with Crippen molar-refractivity contribution in [3.8, 4) is 0 Å². The summed E-state index contributed by atoms with van der Waals surface area (Å²) < 4.78 is 0.972. The van der Waals surface area contributed by atoms with Crippen molar-refractivity contribution in [2.24, 2.45) is 0 Å². The van der Waals surface area contributed by atoms with Crippen molar-refractivity contribution in [1.29, 1.82) is 0 Å².